The van der Waals surface area contributed by atoms with Gasteiger partial charge in [-0.05, 0) is 39.3 Å². The maximum atomic E-state index is 9.44. The number of carbonyl (C=O) groups excluding carboxylic acids is 1. The average molecular weight is 315 g/mol. The maximum Gasteiger partial charge on any atom is 0.126 e. The minimum Gasteiger partial charge on any atom is -0.496 e. The zero-order chi connectivity index (χ0) is 18.6. The number of benzene rings is 1. The summed E-state index contributed by atoms with van der Waals surface area (Å²) in [6, 6.07) is 6.15. The number of hydrogen-bond donors (Lipinski definition) is 0. The van der Waals surface area contributed by atoms with Gasteiger partial charge in [-0.25, -0.2) is 0 Å². The second-order valence-electron chi connectivity index (χ2n) is 4.50. The second kappa shape index (κ2) is 24.7. The van der Waals surface area contributed by atoms with E-state index >= 15 is 0 Å². The molecule has 0 unspecified atom stereocenters. The summed E-state index contributed by atoms with van der Waals surface area (Å²) in [5, 5.41) is 0. The van der Waals surface area contributed by atoms with Crippen LogP contribution in [0.4, 0.5) is 0 Å². The van der Waals surface area contributed by atoms with Gasteiger partial charge >= 0.3 is 0 Å². The number of ether oxygens (including phenoxy) is 2. The van der Waals surface area contributed by atoms with E-state index < -0.39 is 0 Å². The van der Waals surface area contributed by atoms with E-state index in [2.05, 4.69) is 31.6 Å². The van der Waals surface area contributed by atoms with Crippen LogP contribution in [0.1, 0.15) is 59.1 Å². The van der Waals surface area contributed by atoms with Crippen molar-refractivity contribution in [3.8, 4) is 5.75 Å². The molecule has 0 aliphatic heterocycles. The molecule has 0 amide bonds. The molecule has 0 radical (unpaired) electrons. The Labute approximate surface area is 139 Å². The van der Waals surface area contributed by atoms with Gasteiger partial charge in [-0.2, -0.15) is 0 Å². The molecule has 0 saturated heterocycles. The molecule has 3 nitrogen and oxygen atoms in total. The van der Waals surface area contributed by atoms with Gasteiger partial charge in [0.25, 0.3) is 0 Å². The Morgan fingerprint density at radius 1 is 1.00 bits per heavy atom. The highest BCUT2D eigenvalue weighted by Crippen LogP contribution is 2.17. The van der Waals surface area contributed by atoms with Gasteiger partial charge in [-0.1, -0.05) is 51.8 Å². The van der Waals surface area contributed by atoms with E-state index in [1.165, 1.54) is 31.4 Å². The van der Waals surface area contributed by atoms with Gasteiger partial charge in [0.2, 0.25) is 0 Å². The lowest BCUT2D eigenvalue weighted by Gasteiger charge is -2.03. The largest absolute Gasteiger partial charge is 0.496 e. The van der Waals surface area contributed by atoms with Gasteiger partial charge < -0.3 is 14.3 Å². The van der Waals surface area contributed by atoms with Crippen LogP contribution in [-0.4, -0.2) is 27.1 Å². The van der Waals surface area contributed by atoms with E-state index in [0.29, 0.717) is 0 Å². The predicted molar refractivity (Wildman–Crippen MR) is 99.1 cm³/mol. The first-order valence-electron chi connectivity index (χ1n) is 7.79. The lowest BCUT2D eigenvalue weighted by Crippen LogP contribution is -1.86. The van der Waals surface area contributed by atoms with E-state index in [9.17, 15) is 4.79 Å². The van der Waals surface area contributed by atoms with Crippen molar-refractivity contribution in [1.29, 1.82) is 0 Å². The summed E-state index contributed by atoms with van der Waals surface area (Å²) in [6.07, 6.45) is 1.25. The Kier molecular flexibility index (Phi) is 32.2. The summed E-state index contributed by atoms with van der Waals surface area (Å²) in [5.74, 6) is 1.13. The van der Waals surface area contributed by atoms with Crippen molar-refractivity contribution in [2.75, 3.05) is 21.3 Å². The monoisotopic (exact) mass is 314 g/mol. The van der Waals surface area contributed by atoms with Gasteiger partial charge in [0, 0.05) is 14.2 Å². The van der Waals surface area contributed by atoms with Crippen LogP contribution in [0.25, 0.3) is 0 Å². The van der Waals surface area contributed by atoms with Crippen LogP contribution in [0, 0.1) is 13.8 Å². The number of aryl methyl sites for hydroxylation is 2. The lowest BCUT2D eigenvalue weighted by atomic mass is 10.1. The van der Waals surface area contributed by atoms with Gasteiger partial charge in [0.05, 0.1) is 7.11 Å². The molecule has 132 valence electrons. The molecule has 1 aromatic carbocycles. The van der Waals surface area contributed by atoms with Gasteiger partial charge in [-0.3, -0.25) is 0 Å². The van der Waals surface area contributed by atoms with Crippen molar-refractivity contribution >= 4 is 5.78 Å². The fourth-order valence-electron chi connectivity index (χ4n) is 1.03. The summed E-state index contributed by atoms with van der Waals surface area (Å²) in [6.45, 7) is 15.4. The summed E-state index contributed by atoms with van der Waals surface area (Å²) < 4.78 is 9.35. The van der Waals surface area contributed by atoms with Crippen LogP contribution in [0.5, 0.6) is 5.75 Å². The van der Waals surface area contributed by atoms with Gasteiger partial charge in [-0.15, -0.1) is 0 Å². The number of hydrogen-bond acceptors (Lipinski definition) is 3. The highest BCUT2D eigenvalue weighted by molar-refractivity contribution is 5.72. The Balaban J connectivity index is -0.000000113. The fourth-order valence-corrected chi connectivity index (χ4v) is 1.03. The third kappa shape index (κ3) is 31.2. The number of Topliss-reactive ketones (excluding diaryl/α,β-unsaturated/α-hetero) is 1. The molecule has 0 aromatic heterocycles. The van der Waals surface area contributed by atoms with Crippen molar-refractivity contribution in [3.05, 3.63) is 29.3 Å². The maximum absolute atomic E-state index is 9.44. The van der Waals surface area contributed by atoms with Crippen LogP contribution in [-0.2, 0) is 9.53 Å². The van der Waals surface area contributed by atoms with Crippen molar-refractivity contribution in [3.63, 3.8) is 0 Å². The van der Waals surface area contributed by atoms with Crippen molar-refractivity contribution in [1.82, 2.24) is 0 Å². The smallest absolute Gasteiger partial charge is 0.126 e. The normalized spacial score (nSPS) is 7.41. The molecule has 3 heteroatoms. The second-order valence-corrected chi connectivity index (χ2v) is 4.50. The van der Waals surface area contributed by atoms with Crippen LogP contribution in [0.2, 0.25) is 0 Å². The van der Waals surface area contributed by atoms with Gasteiger partial charge in [0.15, 0.2) is 0 Å². The summed E-state index contributed by atoms with van der Waals surface area (Å²) >= 11 is 0. The molecule has 0 spiro atoms. The molecule has 0 saturated carbocycles. The fraction of sp³-hybridized carbons (Fsp3) is 0.632. The SMILES string of the molecule is CC.CC(C)=O.CCC.COC.COc1ccc(C)cc1C. The van der Waals surface area contributed by atoms with E-state index in [0.717, 1.165) is 5.75 Å². The Morgan fingerprint density at radius 2 is 1.32 bits per heavy atom. The Bertz CT molecular complexity index is 327. The topological polar surface area (TPSA) is 35.5 Å². The first-order chi connectivity index (χ1) is 10.3. The van der Waals surface area contributed by atoms with E-state index in [-0.39, 0.29) is 5.78 Å². The molecule has 0 aliphatic carbocycles. The Hall–Kier alpha value is -1.35. The Morgan fingerprint density at radius 3 is 1.55 bits per heavy atom. The standard InChI is InChI=1S/C9H12O.C3H6O.C3H8.C2H6O.C2H6/c1-7-4-5-9(10-3)8(2)6-7;1-3(2)4;2*1-3-2;1-2/h4-6H,1-3H3;1-2H3;3H2,1-2H3;1-2H3;1-2H3. The highest BCUT2D eigenvalue weighted by Gasteiger charge is 1.94. The summed E-state index contributed by atoms with van der Waals surface area (Å²) in [4.78, 5) is 9.44. The predicted octanol–water partition coefficient (Wildman–Crippen LogP) is 5.61. The first-order valence-corrected chi connectivity index (χ1v) is 7.79. The van der Waals surface area contributed by atoms with Crippen LogP contribution < -0.4 is 4.74 Å². The third-order valence-corrected chi connectivity index (χ3v) is 1.55. The summed E-state index contributed by atoms with van der Waals surface area (Å²) in [7, 11) is 4.94. The number of ketones is 1. The average Bonchev–Trinajstić information content (AvgIpc) is 2.42. The molecule has 0 fully saturated rings. The highest BCUT2D eigenvalue weighted by atomic mass is 16.5. The van der Waals surface area contributed by atoms with Crippen LogP contribution >= 0.6 is 0 Å². The van der Waals surface area contributed by atoms with Crippen molar-refractivity contribution in [2.24, 2.45) is 0 Å². The first kappa shape index (κ1) is 28.8. The lowest BCUT2D eigenvalue weighted by molar-refractivity contribution is -0.114. The molecular formula is C19H38O3. The van der Waals surface area contributed by atoms with E-state index in [4.69, 9.17) is 4.74 Å². The molecule has 0 heterocycles. The number of carbonyl (C=O) groups is 1. The number of methoxy groups -OCH3 is 2. The summed E-state index contributed by atoms with van der Waals surface area (Å²) in [5.41, 5.74) is 2.47. The van der Waals surface area contributed by atoms with Crippen molar-refractivity contribution < 1.29 is 14.3 Å². The molecule has 0 aliphatic rings. The van der Waals surface area contributed by atoms with Crippen LogP contribution in [0.15, 0.2) is 18.2 Å². The zero-order valence-corrected chi connectivity index (χ0v) is 16.7. The van der Waals surface area contributed by atoms with Crippen LogP contribution in [0.3, 0.4) is 0 Å². The van der Waals surface area contributed by atoms with Gasteiger partial charge in [0.1, 0.15) is 11.5 Å². The minimum absolute atomic E-state index is 0.167. The molecular weight excluding hydrogens is 276 g/mol. The van der Waals surface area contributed by atoms with E-state index in [1.807, 2.05) is 32.9 Å². The zero-order valence-electron chi connectivity index (χ0n) is 16.7. The minimum atomic E-state index is 0.167. The molecule has 1 rings (SSSR count). The molecule has 0 atom stereocenters. The third-order valence-electron chi connectivity index (χ3n) is 1.55. The van der Waals surface area contributed by atoms with Crippen molar-refractivity contribution in [2.45, 2.75) is 61.8 Å². The molecule has 0 bridgehead atoms. The molecule has 22 heavy (non-hydrogen) atoms. The van der Waals surface area contributed by atoms with E-state index in [1.54, 1.807) is 21.3 Å². The number of rotatable bonds is 1. The molecule has 0 N–H and O–H groups in total. The molecule has 1 aromatic rings. The quantitative estimate of drug-likeness (QED) is 0.675.